The molecule has 0 radical (unpaired) electrons. The highest BCUT2D eigenvalue weighted by Crippen LogP contribution is 2.19. The van der Waals surface area contributed by atoms with Crippen LogP contribution >= 0.6 is 15.9 Å². The molecule has 1 amide bonds. The number of carbonyl (C=O) groups is 1. The standard InChI is InChI=1S/C17H19BrFN3O/c1-4-7-22(10-12-8-13(18)5-6-14(12)19)17(23)16-9-15(11(2)3)20-21-16/h4-6,8-9,11H,1,7,10H2,2-3H3,(H,20,21). The van der Waals surface area contributed by atoms with E-state index in [1.165, 1.54) is 11.0 Å². The predicted molar refractivity (Wildman–Crippen MR) is 91.7 cm³/mol. The van der Waals surface area contributed by atoms with E-state index in [0.29, 0.717) is 17.8 Å². The second kappa shape index (κ2) is 7.55. The first-order valence-electron chi connectivity index (χ1n) is 7.31. The van der Waals surface area contributed by atoms with Crippen LogP contribution in [-0.2, 0) is 6.54 Å². The topological polar surface area (TPSA) is 49.0 Å². The summed E-state index contributed by atoms with van der Waals surface area (Å²) in [5, 5.41) is 6.93. The first-order valence-corrected chi connectivity index (χ1v) is 8.11. The molecule has 0 unspecified atom stereocenters. The van der Waals surface area contributed by atoms with E-state index in [-0.39, 0.29) is 24.2 Å². The number of amides is 1. The molecule has 1 heterocycles. The average Bonchev–Trinajstić information content (AvgIpc) is 3.00. The number of nitrogens with one attached hydrogen (secondary N) is 1. The van der Waals surface area contributed by atoms with Gasteiger partial charge in [0, 0.05) is 28.8 Å². The molecule has 122 valence electrons. The van der Waals surface area contributed by atoms with Gasteiger partial charge in [0.05, 0.1) is 0 Å². The van der Waals surface area contributed by atoms with Gasteiger partial charge in [-0.15, -0.1) is 6.58 Å². The molecule has 0 atom stereocenters. The first kappa shape index (κ1) is 17.4. The lowest BCUT2D eigenvalue weighted by molar-refractivity contribution is 0.0755. The summed E-state index contributed by atoms with van der Waals surface area (Å²) in [7, 11) is 0. The lowest BCUT2D eigenvalue weighted by Gasteiger charge is -2.20. The van der Waals surface area contributed by atoms with Crippen molar-refractivity contribution in [3.63, 3.8) is 0 Å². The number of halogens is 2. The molecule has 2 aromatic rings. The highest BCUT2D eigenvalue weighted by Gasteiger charge is 2.20. The maximum absolute atomic E-state index is 13.9. The molecule has 1 N–H and O–H groups in total. The Balaban J connectivity index is 2.24. The predicted octanol–water partition coefficient (Wildman–Crippen LogP) is 4.26. The van der Waals surface area contributed by atoms with Crippen LogP contribution in [0.15, 0.2) is 41.4 Å². The number of nitrogens with zero attached hydrogens (tertiary/aromatic N) is 2. The van der Waals surface area contributed by atoms with E-state index in [4.69, 9.17) is 0 Å². The fourth-order valence-electron chi connectivity index (χ4n) is 2.15. The second-order valence-corrected chi connectivity index (χ2v) is 6.49. The molecule has 4 nitrogen and oxygen atoms in total. The Morgan fingerprint density at radius 2 is 2.22 bits per heavy atom. The van der Waals surface area contributed by atoms with Crippen molar-refractivity contribution >= 4 is 21.8 Å². The summed E-state index contributed by atoms with van der Waals surface area (Å²) in [6.07, 6.45) is 1.61. The molecule has 0 saturated heterocycles. The summed E-state index contributed by atoms with van der Waals surface area (Å²) in [6, 6.07) is 6.41. The molecule has 1 aromatic heterocycles. The van der Waals surface area contributed by atoms with E-state index in [0.717, 1.165) is 10.2 Å². The third kappa shape index (κ3) is 4.28. The largest absolute Gasteiger partial charge is 0.329 e. The van der Waals surface area contributed by atoms with Crippen LogP contribution < -0.4 is 0 Å². The van der Waals surface area contributed by atoms with Crippen LogP contribution in [0.5, 0.6) is 0 Å². The number of hydrogen-bond donors (Lipinski definition) is 1. The number of hydrogen-bond acceptors (Lipinski definition) is 2. The van der Waals surface area contributed by atoms with E-state index < -0.39 is 0 Å². The van der Waals surface area contributed by atoms with E-state index >= 15 is 0 Å². The van der Waals surface area contributed by atoms with Crippen LogP contribution in [0.2, 0.25) is 0 Å². The Morgan fingerprint density at radius 3 is 2.83 bits per heavy atom. The van der Waals surface area contributed by atoms with Gasteiger partial charge in [-0.3, -0.25) is 9.89 Å². The Labute approximate surface area is 143 Å². The van der Waals surface area contributed by atoms with Gasteiger partial charge in [-0.05, 0) is 30.2 Å². The number of benzene rings is 1. The van der Waals surface area contributed by atoms with Crippen LogP contribution in [0.25, 0.3) is 0 Å². The summed E-state index contributed by atoms with van der Waals surface area (Å²) in [5.41, 5.74) is 1.65. The average molecular weight is 380 g/mol. The van der Waals surface area contributed by atoms with Gasteiger partial charge >= 0.3 is 0 Å². The lowest BCUT2D eigenvalue weighted by atomic mass is 10.1. The lowest BCUT2D eigenvalue weighted by Crippen LogP contribution is -2.31. The van der Waals surface area contributed by atoms with Crippen LogP contribution in [0.3, 0.4) is 0 Å². The minimum atomic E-state index is -0.347. The number of aromatic amines is 1. The number of H-pyrrole nitrogens is 1. The van der Waals surface area contributed by atoms with Gasteiger partial charge in [-0.1, -0.05) is 35.9 Å². The van der Waals surface area contributed by atoms with E-state index in [1.54, 1.807) is 24.3 Å². The summed E-state index contributed by atoms with van der Waals surface area (Å²) in [4.78, 5) is 14.1. The minimum absolute atomic E-state index is 0.153. The Kier molecular flexibility index (Phi) is 5.71. The fourth-order valence-corrected chi connectivity index (χ4v) is 2.56. The molecule has 2 rings (SSSR count). The van der Waals surface area contributed by atoms with E-state index in [2.05, 4.69) is 32.7 Å². The van der Waals surface area contributed by atoms with Crippen molar-refractivity contribution in [2.24, 2.45) is 0 Å². The van der Waals surface area contributed by atoms with Crippen molar-refractivity contribution in [3.8, 4) is 0 Å². The Morgan fingerprint density at radius 1 is 1.48 bits per heavy atom. The molecular formula is C17H19BrFN3O. The molecule has 0 aliphatic heterocycles. The van der Waals surface area contributed by atoms with Crippen molar-refractivity contribution in [2.75, 3.05) is 6.54 Å². The molecule has 0 saturated carbocycles. The van der Waals surface area contributed by atoms with Crippen molar-refractivity contribution in [1.82, 2.24) is 15.1 Å². The van der Waals surface area contributed by atoms with Gasteiger partial charge in [-0.2, -0.15) is 5.10 Å². The van der Waals surface area contributed by atoms with Crippen molar-refractivity contribution in [2.45, 2.75) is 26.3 Å². The SMILES string of the molecule is C=CCN(Cc1cc(Br)ccc1F)C(=O)c1cc(C(C)C)[nH]n1. The zero-order chi connectivity index (χ0) is 17.0. The van der Waals surface area contributed by atoms with Gasteiger partial charge in [0.2, 0.25) is 0 Å². The normalized spacial score (nSPS) is 10.8. The highest BCUT2D eigenvalue weighted by molar-refractivity contribution is 9.10. The van der Waals surface area contributed by atoms with Gasteiger partial charge in [0.25, 0.3) is 5.91 Å². The third-order valence-corrected chi connectivity index (χ3v) is 3.94. The third-order valence-electron chi connectivity index (χ3n) is 3.44. The van der Waals surface area contributed by atoms with E-state index in [9.17, 15) is 9.18 Å². The molecule has 0 bridgehead atoms. The van der Waals surface area contributed by atoms with Crippen LogP contribution in [0.1, 0.15) is 41.5 Å². The zero-order valence-electron chi connectivity index (χ0n) is 13.1. The maximum Gasteiger partial charge on any atom is 0.274 e. The Hall–Kier alpha value is -1.95. The summed E-state index contributed by atoms with van der Waals surface area (Å²) >= 11 is 3.32. The monoisotopic (exact) mass is 379 g/mol. The summed E-state index contributed by atoms with van der Waals surface area (Å²) in [6.45, 7) is 8.16. The molecule has 0 aliphatic rings. The van der Waals surface area contributed by atoms with E-state index in [1.807, 2.05) is 13.8 Å². The number of aromatic nitrogens is 2. The zero-order valence-corrected chi connectivity index (χ0v) is 14.7. The first-order chi connectivity index (χ1) is 10.9. The molecule has 6 heteroatoms. The van der Waals surface area contributed by atoms with Crippen molar-refractivity contribution in [3.05, 3.63) is 64.2 Å². The molecule has 0 aliphatic carbocycles. The molecule has 1 aromatic carbocycles. The fraction of sp³-hybridized carbons (Fsp3) is 0.294. The van der Waals surface area contributed by atoms with Gasteiger partial charge in [0.15, 0.2) is 0 Å². The highest BCUT2D eigenvalue weighted by atomic mass is 79.9. The van der Waals surface area contributed by atoms with Crippen molar-refractivity contribution in [1.29, 1.82) is 0 Å². The minimum Gasteiger partial charge on any atom is -0.329 e. The van der Waals surface area contributed by atoms with Gasteiger partial charge in [-0.25, -0.2) is 4.39 Å². The van der Waals surface area contributed by atoms with Crippen LogP contribution in [-0.4, -0.2) is 27.5 Å². The van der Waals surface area contributed by atoms with Gasteiger partial charge < -0.3 is 4.90 Å². The molecule has 0 spiro atoms. The number of carbonyl (C=O) groups excluding carboxylic acids is 1. The maximum atomic E-state index is 13.9. The molecule has 0 fully saturated rings. The smallest absolute Gasteiger partial charge is 0.274 e. The summed E-state index contributed by atoms with van der Waals surface area (Å²) in [5.74, 6) is -0.355. The Bertz CT molecular complexity index is 712. The van der Waals surface area contributed by atoms with Gasteiger partial charge in [0.1, 0.15) is 11.5 Å². The summed E-state index contributed by atoms with van der Waals surface area (Å²) < 4.78 is 14.7. The molecular weight excluding hydrogens is 361 g/mol. The number of rotatable bonds is 6. The second-order valence-electron chi connectivity index (χ2n) is 5.57. The molecule has 23 heavy (non-hydrogen) atoms. The van der Waals surface area contributed by atoms with Crippen LogP contribution in [0, 0.1) is 5.82 Å². The van der Waals surface area contributed by atoms with Crippen LogP contribution in [0.4, 0.5) is 4.39 Å². The van der Waals surface area contributed by atoms with Crippen molar-refractivity contribution < 1.29 is 9.18 Å². The quantitative estimate of drug-likeness (QED) is 0.762.